The Morgan fingerprint density at radius 2 is 1.85 bits per heavy atom. The predicted molar refractivity (Wildman–Crippen MR) is 100 cm³/mol. The van der Waals surface area contributed by atoms with E-state index in [0.29, 0.717) is 39.3 Å². The molecular weight excluding hydrogens is 350 g/mol. The molecule has 1 aliphatic heterocycles. The zero-order chi connectivity index (χ0) is 19.6. The number of nitrogens with zero attached hydrogens (tertiary/aromatic N) is 1. The summed E-state index contributed by atoms with van der Waals surface area (Å²) in [5.41, 5.74) is 11.7. The molecular formula is C19H29N3O5. The Morgan fingerprint density at radius 1 is 1.19 bits per heavy atom. The first-order valence-corrected chi connectivity index (χ1v) is 9.29. The molecule has 27 heavy (non-hydrogen) atoms. The highest BCUT2D eigenvalue weighted by Crippen LogP contribution is 2.20. The normalized spacial score (nSPS) is 16.1. The van der Waals surface area contributed by atoms with Gasteiger partial charge in [0.2, 0.25) is 5.91 Å². The van der Waals surface area contributed by atoms with Crippen LogP contribution in [0.15, 0.2) is 24.3 Å². The number of carboxylic acid groups (broad SMARTS) is 1. The van der Waals surface area contributed by atoms with Crippen LogP contribution in [0.3, 0.4) is 0 Å². The van der Waals surface area contributed by atoms with Crippen molar-refractivity contribution >= 4 is 11.9 Å². The van der Waals surface area contributed by atoms with Crippen LogP contribution >= 0.6 is 0 Å². The van der Waals surface area contributed by atoms with Gasteiger partial charge in [-0.05, 0) is 24.1 Å². The number of rotatable bonds is 10. The topological polar surface area (TPSA) is 128 Å². The van der Waals surface area contributed by atoms with Crippen LogP contribution < -0.4 is 16.2 Å². The fraction of sp³-hybridized carbons (Fsp3) is 0.579. The van der Waals surface area contributed by atoms with E-state index in [1.807, 2.05) is 29.2 Å². The van der Waals surface area contributed by atoms with Crippen LogP contribution in [0, 0.1) is 0 Å². The van der Waals surface area contributed by atoms with Crippen molar-refractivity contribution in [2.45, 2.75) is 37.8 Å². The molecule has 0 radical (unpaired) electrons. The minimum Gasteiger partial charge on any atom is -0.490 e. The molecule has 0 aromatic heterocycles. The number of nitrogens with two attached hydrogens (primary N) is 2. The number of carbonyl (C=O) groups is 2. The third kappa shape index (κ3) is 7.16. The van der Waals surface area contributed by atoms with E-state index in [0.717, 1.165) is 24.2 Å². The molecule has 1 atom stereocenters. The maximum Gasteiger partial charge on any atom is 0.320 e. The molecule has 0 unspecified atom stereocenters. The molecule has 1 heterocycles. The van der Waals surface area contributed by atoms with Crippen molar-refractivity contribution in [2.75, 3.05) is 32.8 Å². The SMILES string of the molecule is NCCOCCC(=O)N1CCC(Oc2ccc(C[C@H](N)C(=O)O)cc2)CC1. The second-order valence-electron chi connectivity index (χ2n) is 6.64. The van der Waals surface area contributed by atoms with E-state index in [1.165, 1.54) is 0 Å². The van der Waals surface area contributed by atoms with Gasteiger partial charge in [-0.25, -0.2) is 0 Å². The van der Waals surface area contributed by atoms with Crippen molar-refractivity contribution in [3.63, 3.8) is 0 Å². The lowest BCUT2D eigenvalue weighted by Crippen LogP contribution is -2.42. The summed E-state index contributed by atoms with van der Waals surface area (Å²) in [5.74, 6) is -0.172. The van der Waals surface area contributed by atoms with Crippen LogP contribution in [0.5, 0.6) is 5.75 Å². The van der Waals surface area contributed by atoms with E-state index in [9.17, 15) is 9.59 Å². The van der Waals surface area contributed by atoms with Gasteiger partial charge < -0.3 is 30.9 Å². The molecule has 0 spiro atoms. The van der Waals surface area contributed by atoms with E-state index >= 15 is 0 Å². The monoisotopic (exact) mass is 379 g/mol. The van der Waals surface area contributed by atoms with Crippen molar-refractivity contribution in [3.05, 3.63) is 29.8 Å². The van der Waals surface area contributed by atoms with Gasteiger partial charge in [0, 0.05) is 32.5 Å². The molecule has 150 valence electrons. The van der Waals surface area contributed by atoms with Crippen LogP contribution in [0.2, 0.25) is 0 Å². The minimum atomic E-state index is -1.01. The summed E-state index contributed by atoms with van der Waals surface area (Å²) in [6, 6.07) is 6.42. The first kappa shape index (κ1) is 21.1. The number of likely N-dealkylation sites (tertiary alicyclic amines) is 1. The standard InChI is InChI=1S/C19H29N3O5/c20-8-12-26-11-7-18(23)22-9-5-16(6-10-22)27-15-3-1-14(2-4-15)13-17(21)19(24)25/h1-4,16-17H,5-13,20-21H2,(H,24,25)/t17-/m0/s1. The Morgan fingerprint density at radius 3 is 2.44 bits per heavy atom. The van der Waals surface area contributed by atoms with Crippen LogP contribution in [-0.4, -0.2) is 66.9 Å². The molecule has 8 nitrogen and oxygen atoms in total. The number of piperidine rings is 1. The van der Waals surface area contributed by atoms with E-state index in [-0.39, 0.29) is 18.4 Å². The van der Waals surface area contributed by atoms with Gasteiger partial charge in [-0.2, -0.15) is 0 Å². The number of carboxylic acids is 1. The van der Waals surface area contributed by atoms with Gasteiger partial charge in [0.1, 0.15) is 17.9 Å². The lowest BCUT2D eigenvalue weighted by molar-refractivity contribution is -0.138. The van der Waals surface area contributed by atoms with Gasteiger partial charge in [0.15, 0.2) is 0 Å². The van der Waals surface area contributed by atoms with Crippen LogP contribution in [0.25, 0.3) is 0 Å². The Hall–Kier alpha value is -2.16. The van der Waals surface area contributed by atoms with E-state index in [1.54, 1.807) is 0 Å². The summed E-state index contributed by atoms with van der Waals surface area (Å²) in [4.78, 5) is 24.8. The third-order valence-corrected chi connectivity index (χ3v) is 4.52. The molecule has 1 aromatic rings. The zero-order valence-electron chi connectivity index (χ0n) is 15.5. The van der Waals surface area contributed by atoms with Crippen LogP contribution in [0.4, 0.5) is 0 Å². The Bertz CT molecular complexity index is 600. The molecule has 2 rings (SSSR count). The molecule has 1 saturated heterocycles. The van der Waals surface area contributed by atoms with E-state index in [2.05, 4.69) is 0 Å². The highest BCUT2D eigenvalue weighted by atomic mass is 16.5. The van der Waals surface area contributed by atoms with E-state index in [4.69, 9.17) is 26.0 Å². The highest BCUT2D eigenvalue weighted by Gasteiger charge is 2.23. The first-order valence-electron chi connectivity index (χ1n) is 9.29. The molecule has 0 bridgehead atoms. The average molecular weight is 379 g/mol. The highest BCUT2D eigenvalue weighted by molar-refractivity contribution is 5.76. The Kier molecular flexibility index (Phi) is 8.50. The molecule has 0 saturated carbocycles. The Labute approximate surface area is 159 Å². The second kappa shape index (κ2) is 10.9. The maximum atomic E-state index is 12.1. The summed E-state index contributed by atoms with van der Waals surface area (Å²) in [6.07, 6.45) is 2.29. The molecule has 1 aromatic carbocycles. The molecule has 1 fully saturated rings. The fourth-order valence-corrected chi connectivity index (χ4v) is 2.96. The van der Waals surface area contributed by atoms with Crippen molar-refractivity contribution in [3.8, 4) is 5.75 Å². The molecule has 1 aliphatic rings. The van der Waals surface area contributed by atoms with Crippen LogP contribution in [-0.2, 0) is 20.7 Å². The smallest absolute Gasteiger partial charge is 0.320 e. The summed E-state index contributed by atoms with van der Waals surface area (Å²) in [7, 11) is 0. The van der Waals surface area contributed by atoms with Gasteiger partial charge in [0.05, 0.1) is 19.6 Å². The van der Waals surface area contributed by atoms with Crippen molar-refractivity contribution in [2.24, 2.45) is 11.5 Å². The summed E-state index contributed by atoms with van der Waals surface area (Å²) in [6.45, 7) is 2.69. The number of amides is 1. The number of hydrogen-bond donors (Lipinski definition) is 3. The average Bonchev–Trinajstić information content (AvgIpc) is 2.67. The maximum absolute atomic E-state index is 12.1. The lowest BCUT2D eigenvalue weighted by Gasteiger charge is -2.32. The number of hydrogen-bond acceptors (Lipinski definition) is 6. The number of benzene rings is 1. The zero-order valence-corrected chi connectivity index (χ0v) is 15.5. The minimum absolute atomic E-state index is 0.0645. The van der Waals surface area contributed by atoms with Gasteiger partial charge in [-0.3, -0.25) is 9.59 Å². The largest absolute Gasteiger partial charge is 0.490 e. The third-order valence-electron chi connectivity index (χ3n) is 4.52. The quantitative estimate of drug-likeness (QED) is 0.501. The van der Waals surface area contributed by atoms with Gasteiger partial charge in [-0.1, -0.05) is 12.1 Å². The van der Waals surface area contributed by atoms with Gasteiger partial charge >= 0.3 is 5.97 Å². The number of carbonyl (C=O) groups excluding carboxylic acids is 1. The van der Waals surface area contributed by atoms with Crippen molar-refractivity contribution in [1.82, 2.24) is 4.90 Å². The molecule has 1 amide bonds. The Balaban J connectivity index is 1.72. The van der Waals surface area contributed by atoms with Gasteiger partial charge in [0.25, 0.3) is 0 Å². The lowest BCUT2D eigenvalue weighted by atomic mass is 10.1. The number of aliphatic carboxylic acids is 1. The van der Waals surface area contributed by atoms with Crippen molar-refractivity contribution < 1.29 is 24.2 Å². The number of ether oxygens (including phenoxy) is 2. The summed E-state index contributed by atoms with van der Waals surface area (Å²) < 4.78 is 11.2. The van der Waals surface area contributed by atoms with Gasteiger partial charge in [-0.15, -0.1) is 0 Å². The molecule has 5 N–H and O–H groups in total. The fourth-order valence-electron chi connectivity index (χ4n) is 2.96. The summed E-state index contributed by atoms with van der Waals surface area (Å²) >= 11 is 0. The molecule has 8 heteroatoms. The second-order valence-corrected chi connectivity index (χ2v) is 6.64. The summed E-state index contributed by atoms with van der Waals surface area (Å²) in [5, 5.41) is 8.86. The van der Waals surface area contributed by atoms with Crippen LogP contribution in [0.1, 0.15) is 24.8 Å². The predicted octanol–water partition coefficient (Wildman–Crippen LogP) is 0.376. The van der Waals surface area contributed by atoms with Crippen molar-refractivity contribution in [1.29, 1.82) is 0 Å². The van der Waals surface area contributed by atoms with E-state index < -0.39 is 12.0 Å². The molecule has 0 aliphatic carbocycles. The first-order chi connectivity index (χ1) is 13.0.